The van der Waals surface area contributed by atoms with E-state index < -0.39 is 0 Å². The van der Waals surface area contributed by atoms with E-state index in [2.05, 4.69) is 0 Å². The molecule has 0 spiro atoms. The van der Waals surface area contributed by atoms with Crippen LogP contribution in [0.5, 0.6) is 17.2 Å². The van der Waals surface area contributed by atoms with Gasteiger partial charge in [0.25, 0.3) is 0 Å². The van der Waals surface area contributed by atoms with Gasteiger partial charge in [0, 0.05) is 5.92 Å². The molecule has 0 aliphatic heterocycles. The van der Waals surface area contributed by atoms with Crippen molar-refractivity contribution >= 4 is 0 Å². The van der Waals surface area contributed by atoms with Crippen LogP contribution in [0.3, 0.4) is 0 Å². The fraction of sp³-hybridized carbons (Fsp3) is 0.250. The van der Waals surface area contributed by atoms with E-state index in [1.165, 1.54) is 0 Å². The zero-order chi connectivity index (χ0) is 14.4. The Bertz CT molecular complexity index is 536. The Morgan fingerprint density at radius 3 is 2.45 bits per heavy atom. The number of hydrogen-bond acceptors (Lipinski definition) is 4. The predicted molar refractivity (Wildman–Crippen MR) is 76.4 cm³/mol. The smallest absolute Gasteiger partial charge is 0.119 e. The molecule has 2 aromatic carbocycles. The van der Waals surface area contributed by atoms with Gasteiger partial charge in [-0.3, -0.25) is 0 Å². The van der Waals surface area contributed by atoms with Gasteiger partial charge in [-0.2, -0.15) is 0 Å². The van der Waals surface area contributed by atoms with Gasteiger partial charge >= 0.3 is 0 Å². The van der Waals surface area contributed by atoms with Crippen LogP contribution >= 0.6 is 0 Å². The lowest BCUT2D eigenvalue weighted by molar-refractivity contribution is 0.205. The van der Waals surface area contributed by atoms with E-state index in [9.17, 15) is 10.2 Å². The molecule has 0 aliphatic carbocycles. The van der Waals surface area contributed by atoms with Crippen molar-refractivity contribution in [2.45, 2.75) is 5.92 Å². The summed E-state index contributed by atoms with van der Waals surface area (Å²) < 4.78 is 10.8. The number of rotatable bonds is 6. The summed E-state index contributed by atoms with van der Waals surface area (Å²) in [5.74, 6) is 1.48. The van der Waals surface area contributed by atoms with Crippen LogP contribution in [0.1, 0.15) is 11.5 Å². The fourth-order valence-electron chi connectivity index (χ4n) is 1.89. The SMILES string of the molecule is COc1cccc(C(CO)COc2ccc(O)cc2)c1. The summed E-state index contributed by atoms with van der Waals surface area (Å²) in [5, 5.41) is 18.7. The Balaban J connectivity index is 2.03. The van der Waals surface area contributed by atoms with Gasteiger partial charge in [0.1, 0.15) is 17.2 Å². The second-order valence-electron chi connectivity index (χ2n) is 4.46. The van der Waals surface area contributed by atoms with Crippen LogP contribution in [0, 0.1) is 0 Å². The third kappa shape index (κ3) is 3.65. The second-order valence-corrected chi connectivity index (χ2v) is 4.46. The molecular formula is C16H18O4. The predicted octanol–water partition coefficient (Wildman–Crippen LogP) is 2.56. The number of aliphatic hydroxyl groups is 1. The molecule has 0 fully saturated rings. The minimum atomic E-state index is -0.126. The molecule has 1 unspecified atom stereocenters. The van der Waals surface area contributed by atoms with Crippen molar-refractivity contribution in [3.05, 3.63) is 54.1 Å². The zero-order valence-corrected chi connectivity index (χ0v) is 11.3. The molecule has 106 valence electrons. The third-order valence-electron chi connectivity index (χ3n) is 3.07. The molecule has 0 radical (unpaired) electrons. The lowest BCUT2D eigenvalue weighted by Gasteiger charge is -2.16. The Morgan fingerprint density at radius 1 is 1.05 bits per heavy atom. The Hall–Kier alpha value is -2.20. The van der Waals surface area contributed by atoms with Crippen molar-refractivity contribution < 1.29 is 19.7 Å². The minimum absolute atomic E-state index is 0.00868. The fourth-order valence-corrected chi connectivity index (χ4v) is 1.89. The first-order valence-corrected chi connectivity index (χ1v) is 6.39. The molecule has 2 aromatic rings. The topological polar surface area (TPSA) is 58.9 Å². The summed E-state index contributed by atoms with van der Waals surface area (Å²) in [4.78, 5) is 0. The number of aliphatic hydroxyl groups excluding tert-OH is 1. The maximum absolute atomic E-state index is 9.50. The van der Waals surface area contributed by atoms with Gasteiger partial charge in [-0.1, -0.05) is 12.1 Å². The van der Waals surface area contributed by atoms with E-state index in [1.54, 1.807) is 31.4 Å². The van der Waals surface area contributed by atoms with Gasteiger partial charge in [-0.25, -0.2) is 0 Å². The van der Waals surface area contributed by atoms with Gasteiger partial charge in [0.2, 0.25) is 0 Å². The maximum atomic E-state index is 9.50. The number of ether oxygens (including phenoxy) is 2. The summed E-state index contributed by atoms with van der Waals surface area (Å²) in [5.41, 5.74) is 0.964. The highest BCUT2D eigenvalue weighted by Crippen LogP contribution is 2.23. The van der Waals surface area contributed by atoms with Gasteiger partial charge in [-0.15, -0.1) is 0 Å². The number of benzene rings is 2. The van der Waals surface area contributed by atoms with E-state index >= 15 is 0 Å². The molecule has 20 heavy (non-hydrogen) atoms. The van der Waals surface area contributed by atoms with E-state index in [0.717, 1.165) is 11.3 Å². The standard InChI is InChI=1S/C16H18O4/c1-19-16-4-2-3-12(9-16)13(10-17)11-20-15-7-5-14(18)6-8-15/h2-9,13,17-18H,10-11H2,1H3. The molecule has 4 nitrogen and oxygen atoms in total. The van der Waals surface area contributed by atoms with Gasteiger partial charge < -0.3 is 19.7 Å². The van der Waals surface area contributed by atoms with E-state index in [-0.39, 0.29) is 18.3 Å². The zero-order valence-electron chi connectivity index (χ0n) is 11.3. The van der Waals surface area contributed by atoms with Crippen molar-refractivity contribution in [3.63, 3.8) is 0 Å². The molecule has 2 rings (SSSR count). The van der Waals surface area contributed by atoms with Crippen molar-refractivity contribution in [3.8, 4) is 17.2 Å². The van der Waals surface area contributed by atoms with Crippen LogP contribution in [0.25, 0.3) is 0 Å². The van der Waals surface area contributed by atoms with E-state index in [4.69, 9.17) is 9.47 Å². The molecule has 1 atom stereocenters. The molecule has 0 saturated carbocycles. The molecule has 0 aliphatic rings. The monoisotopic (exact) mass is 274 g/mol. The summed E-state index contributed by atoms with van der Waals surface area (Å²) in [6.07, 6.45) is 0. The molecule has 4 heteroatoms. The molecule has 0 bridgehead atoms. The van der Waals surface area contributed by atoms with Gasteiger partial charge in [-0.05, 0) is 42.0 Å². The highest BCUT2D eigenvalue weighted by molar-refractivity contribution is 5.32. The summed E-state index contributed by atoms with van der Waals surface area (Å²) in [6.45, 7) is 0.347. The number of hydrogen-bond donors (Lipinski definition) is 2. The molecule has 0 heterocycles. The van der Waals surface area contributed by atoms with Crippen LogP contribution in [0.2, 0.25) is 0 Å². The number of phenolic OH excluding ortho intramolecular Hbond substituents is 1. The number of aromatic hydroxyl groups is 1. The average Bonchev–Trinajstić information content (AvgIpc) is 2.50. The van der Waals surface area contributed by atoms with Gasteiger partial charge in [0.15, 0.2) is 0 Å². The van der Waals surface area contributed by atoms with Crippen LogP contribution < -0.4 is 9.47 Å². The third-order valence-corrected chi connectivity index (χ3v) is 3.07. The maximum Gasteiger partial charge on any atom is 0.119 e. The lowest BCUT2D eigenvalue weighted by atomic mass is 10.0. The summed E-state index contributed by atoms with van der Waals surface area (Å²) in [7, 11) is 1.61. The van der Waals surface area contributed by atoms with Crippen LogP contribution in [0.4, 0.5) is 0 Å². The first-order chi connectivity index (χ1) is 9.72. The summed E-state index contributed by atoms with van der Waals surface area (Å²) >= 11 is 0. The quantitative estimate of drug-likeness (QED) is 0.850. The minimum Gasteiger partial charge on any atom is -0.508 e. The normalized spacial score (nSPS) is 11.9. The van der Waals surface area contributed by atoms with Crippen molar-refractivity contribution in [1.29, 1.82) is 0 Å². The Kier molecular flexibility index (Phi) is 4.85. The van der Waals surface area contributed by atoms with E-state index in [1.807, 2.05) is 24.3 Å². The molecule has 0 saturated heterocycles. The van der Waals surface area contributed by atoms with Crippen LogP contribution in [-0.4, -0.2) is 30.5 Å². The summed E-state index contributed by atoms with van der Waals surface area (Å²) in [6, 6.07) is 14.1. The highest BCUT2D eigenvalue weighted by Gasteiger charge is 2.12. The largest absolute Gasteiger partial charge is 0.508 e. The van der Waals surface area contributed by atoms with Crippen LogP contribution in [0.15, 0.2) is 48.5 Å². The van der Waals surface area contributed by atoms with Crippen molar-refractivity contribution in [2.24, 2.45) is 0 Å². The average molecular weight is 274 g/mol. The molecule has 0 aromatic heterocycles. The number of phenols is 1. The molecule has 0 amide bonds. The first-order valence-electron chi connectivity index (χ1n) is 6.39. The lowest BCUT2D eigenvalue weighted by Crippen LogP contribution is -2.14. The first kappa shape index (κ1) is 14.2. The Labute approximate surface area is 118 Å². The molecular weight excluding hydrogens is 256 g/mol. The number of methoxy groups -OCH3 is 1. The van der Waals surface area contributed by atoms with Gasteiger partial charge in [0.05, 0.1) is 20.3 Å². The van der Waals surface area contributed by atoms with Crippen LogP contribution in [-0.2, 0) is 0 Å². The highest BCUT2D eigenvalue weighted by atomic mass is 16.5. The van der Waals surface area contributed by atoms with Crippen molar-refractivity contribution in [1.82, 2.24) is 0 Å². The Morgan fingerprint density at radius 2 is 1.80 bits per heavy atom. The molecule has 2 N–H and O–H groups in total. The second kappa shape index (κ2) is 6.82. The van der Waals surface area contributed by atoms with E-state index in [0.29, 0.717) is 12.4 Å². The van der Waals surface area contributed by atoms with Crippen molar-refractivity contribution in [2.75, 3.05) is 20.3 Å².